The number of hydrogen-bond acceptors (Lipinski definition) is 5. The van der Waals surface area contributed by atoms with Crippen molar-refractivity contribution in [2.24, 2.45) is 0 Å². The van der Waals surface area contributed by atoms with E-state index in [1.165, 1.54) is 4.90 Å². The maximum atomic E-state index is 11.4. The molecule has 27 heavy (non-hydrogen) atoms. The van der Waals surface area contributed by atoms with Crippen molar-refractivity contribution in [3.8, 4) is 5.75 Å². The summed E-state index contributed by atoms with van der Waals surface area (Å²) < 4.78 is 10.8. The van der Waals surface area contributed by atoms with Crippen LogP contribution in [0.4, 0.5) is 10.5 Å². The minimum absolute atomic E-state index is 0.00495. The number of furan rings is 1. The van der Waals surface area contributed by atoms with E-state index in [0.29, 0.717) is 17.9 Å². The van der Waals surface area contributed by atoms with Crippen molar-refractivity contribution < 1.29 is 24.2 Å². The molecule has 142 valence electrons. The van der Waals surface area contributed by atoms with Gasteiger partial charge in [0.25, 0.3) is 0 Å². The SMILES string of the molecule is Nc1ccc(CCN(C[C@H](O)COc2ccc3occc3c2)C(=O)O)cc1. The Bertz CT molecular complexity index is 891. The van der Waals surface area contributed by atoms with Crippen molar-refractivity contribution in [3.05, 3.63) is 60.4 Å². The van der Waals surface area contributed by atoms with Gasteiger partial charge in [0.05, 0.1) is 12.8 Å². The molecule has 1 heterocycles. The summed E-state index contributed by atoms with van der Waals surface area (Å²) in [4.78, 5) is 12.6. The molecule has 0 aliphatic carbocycles. The summed E-state index contributed by atoms with van der Waals surface area (Å²) in [5.41, 5.74) is 8.04. The largest absolute Gasteiger partial charge is 0.491 e. The normalized spacial score (nSPS) is 12.0. The predicted octanol–water partition coefficient (Wildman–Crippen LogP) is 2.98. The van der Waals surface area contributed by atoms with Gasteiger partial charge in [0.1, 0.15) is 24.0 Å². The minimum Gasteiger partial charge on any atom is -0.491 e. The van der Waals surface area contributed by atoms with Gasteiger partial charge < -0.3 is 30.0 Å². The van der Waals surface area contributed by atoms with Gasteiger partial charge in [0.2, 0.25) is 0 Å². The zero-order chi connectivity index (χ0) is 19.2. The standard InChI is InChI=1S/C20H22N2O5/c21-16-3-1-14(2-4-16)7-9-22(20(24)25)12-17(23)13-27-18-5-6-19-15(11-18)8-10-26-19/h1-6,8,10-11,17,23H,7,9,12-13,21H2,(H,24,25)/t17-/m0/s1. The van der Waals surface area contributed by atoms with Crippen LogP contribution in [-0.2, 0) is 6.42 Å². The number of nitrogens with two attached hydrogens (primary N) is 1. The third kappa shape index (κ3) is 5.15. The number of aliphatic hydroxyl groups is 1. The molecule has 0 aliphatic heterocycles. The van der Waals surface area contributed by atoms with Crippen molar-refractivity contribution in [2.45, 2.75) is 12.5 Å². The lowest BCUT2D eigenvalue weighted by Crippen LogP contribution is -2.40. The Hall–Kier alpha value is -3.19. The molecule has 1 aromatic heterocycles. The van der Waals surface area contributed by atoms with Gasteiger partial charge in [-0.3, -0.25) is 0 Å². The fraction of sp³-hybridized carbons (Fsp3) is 0.250. The Morgan fingerprint density at radius 2 is 1.96 bits per heavy atom. The molecule has 0 fully saturated rings. The molecule has 0 saturated carbocycles. The zero-order valence-corrected chi connectivity index (χ0v) is 14.7. The first kappa shape index (κ1) is 18.6. The van der Waals surface area contributed by atoms with Crippen LogP contribution in [0, 0.1) is 0 Å². The molecular formula is C20H22N2O5. The average Bonchev–Trinajstić information content (AvgIpc) is 3.12. The van der Waals surface area contributed by atoms with E-state index < -0.39 is 12.2 Å². The van der Waals surface area contributed by atoms with Crippen LogP contribution in [0.15, 0.2) is 59.2 Å². The number of fused-ring (bicyclic) bond motifs is 1. The van der Waals surface area contributed by atoms with Crippen LogP contribution in [-0.4, -0.2) is 47.0 Å². The molecule has 0 unspecified atom stereocenters. The number of rotatable bonds is 8. The molecule has 0 saturated heterocycles. The molecule has 0 bridgehead atoms. The Morgan fingerprint density at radius 3 is 2.70 bits per heavy atom. The molecule has 3 rings (SSSR count). The van der Waals surface area contributed by atoms with E-state index in [4.69, 9.17) is 14.9 Å². The van der Waals surface area contributed by atoms with Gasteiger partial charge in [-0.05, 0) is 48.4 Å². The van der Waals surface area contributed by atoms with E-state index in [1.54, 1.807) is 30.5 Å². The molecule has 0 radical (unpaired) electrons. The van der Waals surface area contributed by atoms with E-state index >= 15 is 0 Å². The fourth-order valence-electron chi connectivity index (χ4n) is 2.75. The van der Waals surface area contributed by atoms with Crippen LogP contribution in [0.25, 0.3) is 11.0 Å². The smallest absolute Gasteiger partial charge is 0.407 e. The Labute approximate surface area is 156 Å². The Balaban J connectivity index is 1.50. The van der Waals surface area contributed by atoms with Crippen molar-refractivity contribution in [3.63, 3.8) is 0 Å². The molecule has 1 amide bonds. The number of hydrogen-bond donors (Lipinski definition) is 3. The Morgan fingerprint density at radius 1 is 1.19 bits per heavy atom. The number of nitrogens with zero attached hydrogens (tertiary/aromatic N) is 1. The maximum Gasteiger partial charge on any atom is 0.407 e. The first-order valence-corrected chi connectivity index (χ1v) is 8.61. The van der Waals surface area contributed by atoms with E-state index in [2.05, 4.69) is 0 Å². The van der Waals surface area contributed by atoms with Gasteiger partial charge in [0, 0.05) is 17.6 Å². The molecule has 0 spiro atoms. The van der Waals surface area contributed by atoms with E-state index in [-0.39, 0.29) is 19.7 Å². The third-order valence-electron chi connectivity index (χ3n) is 4.22. The summed E-state index contributed by atoms with van der Waals surface area (Å²) in [6.45, 7) is 0.241. The predicted molar refractivity (Wildman–Crippen MR) is 102 cm³/mol. The number of nitrogen functional groups attached to an aromatic ring is 1. The monoisotopic (exact) mass is 370 g/mol. The van der Waals surface area contributed by atoms with Gasteiger partial charge in [-0.2, -0.15) is 0 Å². The second-order valence-corrected chi connectivity index (χ2v) is 6.31. The van der Waals surface area contributed by atoms with Crippen LogP contribution in [0.2, 0.25) is 0 Å². The second kappa shape index (κ2) is 8.46. The number of carboxylic acid groups (broad SMARTS) is 1. The highest BCUT2D eigenvalue weighted by Crippen LogP contribution is 2.21. The summed E-state index contributed by atoms with van der Waals surface area (Å²) in [7, 11) is 0. The molecule has 3 aromatic rings. The van der Waals surface area contributed by atoms with Crippen LogP contribution in [0.1, 0.15) is 5.56 Å². The molecule has 7 nitrogen and oxygen atoms in total. The molecule has 4 N–H and O–H groups in total. The van der Waals surface area contributed by atoms with Crippen molar-refractivity contribution >= 4 is 22.7 Å². The summed E-state index contributed by atoms with van der Waals surface area (Å²) in [5.74, 6) is 0.590. The maximum absolute atomic E-state index is 11.4. The van der Waals surface area contributed by atoms with Gasteiger partial charge in [-0.1, -0.05) is 12.1 Å². The number of aliphatic hydroxyl groups excluding tert-OH is 1. The van der Waals surface area contributed by atoms with Gasteiger partial charge >= 0.3 is 6.09 Å². The van der Waals surface area contributed by atoms with Crippen LogP contribution in [0.3, 0.4) is 0 Å². The number of anilines is 1. The van der Waals surface area contributed by atoms with Crippen molar-refractivity contribution in [1.82, 2.24) is 4.90 Å². The average molecular weight is 370 g/mol. The molecule has 0 aliphatic rings. The lowest BCUT2D eigenvalue weighted by molar-refractivity contribution is 0.0656. The number of amides is 1. The van der Waals surface area contributed by atoms with Crippen molar-refractivity contribution in [1.29, 1.82) is 0 Å². The number of ether oxygens (including phenoxy) is 1. The quantitative estimate of drug-likeness (QED) is 0.526. The fourth-order valence-corrected chi connectivity index (χ4v) is 2.75. The lowest BCUT2D eigenvalue weighted by Gasteiger charge is -2.22. The van der Waals surface area contributed by atoms with Crippen LogP contribution >= 0.6 is 0 Å². The molecule has 7 heteroatoms. The third-order valence-corrected chi connectivity index (χ3v) is 4.22. The topological polar surface area (TPSA) is 109 Å². The summed E-state index contributed by atoms with van der Waals surface area (Å²) in [6.07, 6.45) is 0.115. The van der Waals surface area contributed by atoms with Gasteiger partial charge in [0.15, 0.2) is 0 Å². The number of carbonyl (C=O) groups is 1. The molecule has 1 atom stereocenters. The van der Waals surface area contributed by atoms with E-state index in [1.807, 2.05) is 24.3 Å². The number of benzene rings is 2. The first-order chi connectivity index (χ1) is 13.0. The highest BCUT2D eigenvalue weighted by molar-refractivity contribution is 5.78. The summed E-state index contributed by atoms with van der Waals surface area (Å²) >= 11 is 0. The highest BCUT2D eigenvalue weighted by Gasteiger charge is 2.17. The minimum atomic E-state index is -1.08. The lowest BCUT2D eigenvalue weighted by atomic mass is 10.1. The highest BCUT2D eigenvalue weighted by atomic mass is 16.5. The van der Waals surface area contributed by atoms with E-state index in [9.17, 15) is 15.0 Å². The van der Waals surface area contributed by atoms with Gasteiger partial charge in [-0.15, -0.1) is 0 Å². The summed E-state index contributed by atoms with van der Waals surface area (Å²) in [5, 5.41) is 20.4. The zero-order valence-electron chi connectivity index (χ0n) is 14.7. The van der Waals surface area contributed by atoms with Gasteiger partial charge in [-0.25, -0.2) is 4.79 Å². The van der Waals surface area contributed by atoms with Crippen LogP contribution in [0.5, 0.6) is 5.75 Å². The first-order valence-electron chi connectivity index (χ1n) is 8.61. The Kier molecular flexibility index (Phi) is 5.83. The van der Waals surface area contributed by atoms with Crippen LogP contribution < -0.4 is 10.5 Å². The summed E-state index contributed by atoms with van der Waals surface area (Å²) in [6, 6.07) is 14.4. The molecular weight excluding hydrogens is 348 g/mol. The second-order valence-electron chi connectivity index (χ2n) is 6.31. The van der Waals surface area contributed by atoms with Crippen molar-refractivity contribution in [2.75, 3.05) is 25.4 Å². The van der Waals surface area contributed by atoms with E-state index in [0.717, 1.165) is 16.5 Å². The molecule has 2 aromatic carbocycles.